The molecule has 128 valence electrons. The van der Waals surface area contributed by atoms with Crippen molar-refractivity contribution in [3.63, 3.8) is 0 Å². The van der Waals surface area contributed by atoms with E-state index in [1.54, 1.807) is 19.2 Å². The van der Waals surface area contributed by atoms with Crippen molar-refractivity contribution < 1.29 is 9.53 Å². The van der Waals surface area contributed by atoms with Crippen molar-refractivity contribution >= 4 is 16.7 Å². The highest BCUT2D eigenvalue weighted by atomic mass is 16.5. The van der Waals surface area contributed by atoms with Gasteiger partial charge in [-0.1, -0.05) is 30.3 Å². The van der Waals surface area contributed by atoms with Gasteiger partial charge in [0.1, 0.15) is 5.75 Å². The highest BCUT2D eigenvalue weighted by Crippen LogP contribution is 2.22. The Kier molecular flexibility index (Phi) is 5.00. The fraction of sp³-hybridized carbons (Fsp3) is 0.190. The third kappa shape index (κ3) is 4.17. The molecule has 1 amide bonds. The maximum absolute atomic E-state index is 11.1. The minimum atomic E-state index is -0.396. The lowest BCUT2D eigenvalue weighted by atomic mass is 10.1. The summed E-state index contributed by atoms with van der Waals surface area (Å²) in [5, 5.41) is 2.38. The van der Waals surface area contributed by atoms with Gasteiger partial charge >= 0.3 is 0 Å². The molecule has 0 saturated carbocycles. The second-order valence-electron chi connectivity index (χ2n) is 6.28. The van der Waals surface area contributed by atoms with Crippen LogP contribution < -0.4 is 10.5 Å². The third-order valence-electron chi connectivity index (χ3n) is 4.26. The topological polar surface area (TPSA) is 55.6 Å². The molecule has 0 aliphatic heterocycles. The molecule has 0 atom stereocenters. The molecule has 0 bridgehead atoms. The van der Waals surface area contributed by atoms with Gasteiger partial charge < -0.3 is 10.5 Å². The first-order chi connectivity index (χ1) is 12.0. The second-order valence-corrected chi connectivity index (χ2v) is 6.28. The Morgan fingerprint density at radius 3 is 2.20 bits per heavy atom. The van der Waals surface area contributed by atoms with Crippen molar-refractivity contribution in [3.8, 4) is 5.75 Å². The molecule has 2 N–H and O–H groups in total. The molecule has 3 rings (SSSR count). The summed E-state index contributed by atoms with van der Waals surface area (Å²) in [5.41, 5.74) is 8.22. The summed E-state index contributed by atoms with van der Waals surface area (Å²) >= 11 is 0. The van der Waals surface area contributed by atoms with E-state index in [0.29, 0.717) is 5.56 Å². The van der Waals surface area contributed by atoms with Crippen LogP contribution in [0.5, 0.6) is 5.75 Å². The van der Waals surface area contributed by atoms with Crippen LogP contribution in [0.4, 0.5) is 0 Å². The van der Waals surface area contributed by atoms with Crippen LogP contribution in [0.25, 0.3) is 10.8 Å². The summed E-state index contributed by atoms with van der Waals surface area (Å²) in [6.45, 7) is 1.65. The van der Waals surface area contributed by atoms with Crippen molar-refractivity contribution in [1.29, 1.82) is 0 Å². The lowest BCUT2D eigenvalue weighted by molar-refractivity contribution is 0.100. The van der Waals surface area contributed by atoms with Gasteiger partial charge in [0.2, 0.25) is 5.91 Å². The van der Waals surface area contributed by atoms with Gasteiger partial charge in [0, 0.05) is 18.7 Å². The number of carbonyl (C=O) groups excluding carboxylic acids is 1. The van der Waals surface area contributed by atoms with Gasteiger partial charge in [0.15, 0.2) is 0 Å². The van der Waals surface area contributed by atoms with Crippen molar-refractivity contribution in [3.05, 3.63) is 77.4 Å². The van der Waals surface area contributed by atoms with Crippen molar-refractivity contribution in [1.82, 2.24) is 4.90 Å². The lowest BCUT2D eigenvalue weighted by Crippen LogP contribution is -2.17. The van der Waals surface area contributed by atoms with Crippen LogP contribution in [0.15, 0.2) is 60.7 Å². The van der Waals surface area contributed by atoms with E-state index >= 15 is 0 Å². The number of hydrogen-bond donors (Lipinski definition) is 1. The number of amides is 1. The first-order valence-electron chi connectivity index (χ1n) is 8.19. The van der Waals surface area contributed by atoms with E-state index in [9.17, 15) is 4.79 Å². The van der Waals surface area contributed by atoms with E-state index < -0.39 is 5.91 Å². The van der Waals surface area contributed by atoms with Crippen molar-refractivity contribution in [2.45, 2.75) is 13.1 Å². The molecule has 0 aliphatic rings. The molecule has 0 aliphatic carbocycles. The maximum Gasteiger partial charge on any atom is 0.248 e. The zero-order chi connectivity index (χ0) is 17.8. The SMILES string of the molecule is COc1ccc2cc(CN(C)Cc3ccc(C(N)=O)cc3)ccc2c1. The highest BCUT2D eigenvalue weighted by molar-refractivity contribution is 5.92. The number of carbonyl (C=O) groups is 1. The number of methoxy groups -OCH3 is 1. The van der Waals surface area contributed by atoms with Gasteiger partial charge in [-0.2, -0.15) is 0 Å². The average molecular weight is 334 g/mol. The number of ether oxygens (including phenoxy) is 1. The Morgan fingerprint density at radius 1 is 0.920 bits per heavy atom. The largest absolute Gasteiger partial charge is 0.497 e. The fourth-order valence-electron chi connectivity index (χ4n) is 2.95. The maximum atomic E-state index is 11.1. The van der Waals surface area contributed by atoms with E-state index in [4.69, 9.17) is 10.5 Å². The number of hydrogen-bond acceptors (Lipinski definition) is 3. The summed E-state index contributed by atoms with van der Waals surface area (Å²) in [6, 6.07) is 20.0. The quantitative estimate of drug-likeness (QED) is 0.749. The van der Waals surface area contributed by atoms with Crippen LogP contribution >= 0.6 is 0 Å². The number of nitrogens with two attached hydrogens (primary N) is 1. The molecule has 0 aromatic heterocycles. The third-order valence-corrected chi connectivity index (χ3v) is 4.26. The van der Waals surface area contributed by atoms with Crippen LogP contribution in [0.1, 0.15) is 21.5 Å². The van der Waals surface area contributed by atoms with E-state index in [2.05, 4.69) is 36.2 Å². The zero-order valence-electron chi connectivity index (χ0n) is 14.5. The Labute approximate surface area is 147 Å². The summed E-state index contributed by atoms with van der Waals surface area (Å²) in [4.78, 5) is 13.4. The number of benzene rings is 3. The van der Waals surface area contributed by atoms with Gasteiger partial charge in [-0.15, -0.1) is 0 Å². The first-order valence-corrected chi connectivity index (χ1v) is 8.19. The predicted molar refractivity (Wildman–Crippen MR) is 101 cm³/mol. The van der Waals surface area contributed by atoms with E-state index in [1.807, 2.05) is 24.3 Å². The summed E-state index contributed by atoms with van der Waals surface area (Å²) in [6.07, 6.45) is 0. The molecule has 0 radical (unpaired) electrons. The van der Waals surface area contributed by atoms with Gasteiger partial charge in [0.05, 0.1) is 7.11 Å². The number of fused-ring (bicyclic) bond motifs is 1. The summed E-state index contributed by atoms with van der Waals surface area (Å²) < 4.78 is 5.27. The lowest BCUT2D eigenvalue weighted by Gasteiger charge is -2.17. The fourth-order valence-corrected chi connectivity index (χ4v) is 2.95. The van der Waals surface area contributed by atoms with Gasteiger partial charge in [-0.05, 0) is 59.3 Å². The smallest absolute Gasteiger partial charge is 0.248 e. The first kappa shape index (κ1) is 17.0. The standard InChI is InChI=1S/C21H22N2O2/c1-23(13-15-3-6-17(7-4-15)21(22)24)14-16-5-8-19-12-20(25-2)10-9-18(19)11-16/h3-12H,13-14H2,1-2H3,(H2,22,24). The molecule has 0 unspecified atom stereocenters. The molecule has 4 heteroatoms. The Morgan fingerprint density at radius 2 is 1.52 bits per heavy atom. The number of nitrogens with zero attached hydrogens (tertiary/aromatic N) is 1. The van der Waals surface area contributed by atoms with Crippen molar-refractivity contribution in [2.24, 2.45) is 5.73 Å². The van der Waals surface area contributed by atoms with Gasteiger partial charge in [-0.25, -0.2) is 0 Å². The second kappa shape index (κ2) is 7.36. The predicted octanol–water partition coefficient (Wildman–Crippen LogP) is 3.58. The molecular formula is C21H22N2O2. The summed E-state index contributed by atoms with van der Waals surface area (Å²) in [5.74, 6) is 0.476. The van der Waals surface area contributed by atoms with E-state index in [-0.39, 0.29) is 0 Å². The zero-order valence-corrected chi connectivity index (χ0v) is 14.5. The molecule has 0 heterocycles. The molecule has 0 fully saturated rings. The van der Waals surface area contributed by atoms with Crippen LogP contribution in [0.2, 0.25) is 0 Å². The van der Waals surface area contributed by atoms with Crippen LogP contribution in [0.3, 0.4) is 0 Å². The average Bonchev–Trinajstić information content (AvgIpc) is 2.61. The normalized spacial score (nSPS) is 11.0. The highest BCUT2D eigenvalue weighted by Gasteiger charge is 2.05. The molecule has 25 heavy (non-hydrogen) atoms. The minimum absolute atomic E-state index is 0.396. The summed E-state index contributed by atoms with van der Waals surface area (Å²) in [7, 11) is 3.76. The monoisotopic (exact) mass is 334 g/mol. The van der Waals surface area contributed by atoms with Crippen LogP contribution in [0, 0.1) is 0 Å². The van der Waals surface area contributed by atoms with Crippen LogP contribution in [-0.2, 0) is 13.1 Å². The van der Waals surface area contributed by atoms with Gasteiger partial charge in [0.25, 0.3) is 0 Å². The van der Waals surface area contributed by atoms with E-state index in [1.165, 1.54) is 16.3 Å². The minimum Gasteiger partial charge on any atom is -0.497 e. The Hall–Kier alpha value is -2.85. The van der Waals surface area contributed by atoms with Crippen LogP contribution in [-0.4, -0.2) is 25.0 Å². The molecule has 0 saturated heterocycles. The van der Waals surface area contributed by atoms with Gasteiger partial charge in [-0.3, -0.25) is 9.69 Å². The molecule has 3 aromatic rings. The Bertz CT molecular complexity index is 888. The van der Waals surface area contributed by atoms with Crippen molar-refractivity contribution in [2.75, 3.05) is 14.2 Å². The number of primary amides is 1. The van der Waals surface area contributed by atoms with E-state index in [0.717, 1.165) is 24.4 Å². The molecule has 0 spiro atoms. The molecule has 4 nitrogen and oxygen atoms in total. The Balaban J connectivity index is 1.68. The number of rotatable bonds is 6. The molecular weight excluding hydrogens is 312 g/mol. The molecule has 3 aromatic carbocycles.